The molecule has 0 saturated carbocycles. The predicted octanol–water partition coefficient (Wildman–Crippen LogP) is 1.92. The molecule has 2 rings (SSSR count). The molecule has 1 aliphatic heterocycles. The van der Waals surface area contributed by atoms with Crippen LogP contribution in [0.15, 0.2) is 29.2 Å². The van der Waals surface area contributed by atoms with Gasteiger partial charge in [-0.05, 0) is 30.4 Å². The third-order valence-electron chi connectivity index (χ3n) is 3.38. The number of nitrogens with zero attached hydrogens (tertiary/aromatic N) is 1. The normalized spacial score (nSPS) is 17.8. The van der Waals surface area contributed by atoms with Gasteiger partial charge in [-0.3, -0.25) is 14.5 Å². The van der Waals surface area contributed by atoms with Crippen molar-refractivity contribution in [1.29, 1.82) is 0 Å². The van der Waals surface area contributed by atoms with Gasteiger partial charge in [0.05, 0.1) is 0 Å². The second-order valence-corrected chi connectivity index (χ2v) is 6.26. The molecule has 0 radical (unpaired) electrons. The van der Waals surface area contributed by atoms with E-state index in [2.05, 4.69) is 10.6 Å². The Kier molecular flexibility index (Phi) is 5.07. The minimum Gasteiger partial charge on any atom is -0.326 e. The van der Waals surface area contributed by atoms with Crippen molar-refractivity contribution in [2.24, 2.45) is 5.92 Å². The molecule has 4 amide bonds. The van der Waals surface area contributed by atoms with E-state index < -0.39 is 18.0 Å². The molecule has 0 aliphatic carbocycles. The summed E-state index contributed by atoms with van der Waals surface area (Å²) in [6.07, 6.45) is 1.94. The maximum absolute atomic E-state index is 12.1. The highest BCUT2D eigenvalue weighted by atomic mass is 32.2. The lowest BCUT2D eigenvalue weighted by Gasteiger charge is -2.14. The standard InChI is InChI=1S/C15H19N3O3S/c1-9(2)13-14(20)18(15(21)17-13)8-12(19)16-10-5-4-6-11(7-10)22-3/h4-7,9,13H,8H2,1-3H3,(H,16,19)(H,17,21). The van der Waals surface area contributed by atoms with Crippen molar-refractivity contribution in [3.63, 3.8) is 0 Å². The number of carbonyl (C=O) groups is 3. The third-order valence-corrected chi connectivity index (χ3v) is 4.10. The Labute approximate surface area is 133 Å². The number of hydrogen-bond donors (Lipinski definition) is 2. The number of anilines is 1. The Hall–Kier alpha value is -2.02. The van der Waals surface area contributed by atoms with Gasteiger partial charge < -0.3 is 10.6 Å². The molecule has 118 valence electrons. The minimum absolute atomic E-state index is 0.0113. The van der Waals surface area contributed by atoms with E-state index in [0.29, 0.717) is 5.69 Å². The van der Waals surface area contributed by atoms with Crippen molar-refractivity contribution in [2.75, 3.05) is 18.1 Å². The Bertz CT molecular complexity index is 603. The van der Waals surface area contributed by atoms with Gasteiger partial charge in [0.25, 0.3) is 5.91 Å². The number of thioether (sulfide) groups is 1. The highest BCUT2D eigenvalue weighted by Crippen LogP contribution is 2.19. The van der Waals surface area contributed by atoms with Crippen LogP contribution in [0.1, 0.15) is 13.8 Å². The number of hydrogen-bond acceptors (Lipinski definition) is 4. The maximum atomic E-state index is 12.1. The summed E-state index contributed by atoms with van der Waals surface area (Å²) in [7, 11) is 0. The van der Waals surface area contributed by atoms with Crippen LogP contribution in [0.25, 0.3) is 0 Å². The van der Waals surface area contributed by atoms with E-state index >= 15 is 0 Å². The van der Waals surface area contributed by atoms with Gasteiger partial charge in [0.15, 0.2) is 0 Å². The van der Waals surface area contributed by atoms with E-state index in [1.54, 1.807) is 17.8 Å². The number of imide groups is 1. The first-order valence-corrected chi connectivity index (χ1v) is 8.20. The average molecular weight is 321 g/mol. The monoisotopic (exact) mass is 321 g/mol. The number of amides is 4. The second-order valence-electron chi connectivity index (χ2n) is 5.38. The fourth-order valence-corrected chi connectivity index (χ4v) is 2.65. The van der Waals surface area contributed by atoms with Crippen LogP contribution in [0, 0.1) is 5.92 Å². The summed E-state index contributed by atoms with van der Waals surface area (Å²) in [6, 6.07) is 6.30. The Morgan fingerprint density at radius 1 is 1.41 bits per heavy atom. The van der Waals surface area contributed by atoms with E-state index in [-0.39, 0.29) is 18.4 Å². The molecule has 1 aromatic rings. The first-order valence-electron chi connectivity index (χ1n) is 6.98. The summed E-state index contributed by atoms with van der Waals surface area (Å²) in [4.78, 5) is 37.9. The Balaban J connectivity index is 2.00. The predicted molar refractivity (Wildman–Crippen MR) is 85.7 cm³/mol. The van der Waals surface area contributed by atoms with Crippen LogP contribution in [-0.2, 0) is 9.59 Å². The van der Waals surface area contributed by atoms with Crippen LogP contribution in [-0.4, -0.2) is 41.6 Å². The first kappa shape index (κ1) is 16.4. The number of carbonyl (C=O) groups excluding carboxylic acids is 3. The van der Waals surface area contributed by atoms with E-state index in [1.165, 1.54) is 0 Å². The molecule has 1 unspecified atom stereocenters. The lowest BCUT2D eigenvalue weighted by molar-refractivity contribution is -0.131. The Morgan fingerprint density at radius 2 is 2.14 bits per heavy atom. The van der Waals surface area contributed by atoms with Gasteiger partial charge >= 0.3 is 6.03 Å². The molecule has 1 heterocycles. The molecular weight excluding hydrogens is 302 g/mol. The molecule has 22 heavy (non-hydrogen) atoms. The van der Waals surface area contributed by atoms with Crippen molar-refractivity contribution in [3.05, 3.63) is 24.3 Å². The molecule has 1 fully saturated rings. The highest BCUT2D eigenvalue weighted by Gasteiger charge is 2.40. The van der Waals surface area contributed by atoms with Gasteiger partial charge in [0.2, 0.25) is 5.91 Å². The molecule has 1 saturated heterocycles. The minimum atomic E-state index is -0.555. The SMILES string of the molecule is CSc1cccc(NC(=O)CN2C(=O)NC(C(C)C)C2=O)c1. The van der Waals surface area contributed by atoms with E-state index in [9.17, 15) is 14.4 Å². The molecule has 0 aromatic heterocycles. The number of urea groups is 1. The summed E-state index contributed by atoms with van der Waals surface area (Å²) < 4.78 is 0. The molecule has 7 heteroatoms. The largest absolute Gasteiger partial charge is 0.326 e. The van der Waals surface area contributed by atoms with Gasteiger partial charge in [-0.2, -0.15) is 0 Å². The van der Waals surface area contributed by atoms with Gasteiger partial charge in [-0.15, -0.1) is 11.8 Å². The number of rotatable bonds is 5. The van der Waals surface area contributed by atoms with Gasteiger partial charge in [0.1, 0.15) is 12.6 Å². The van der Waals surface area contributed by atoms with Crippen molar-refractivity contribution < 1.29 is 14.4 Å². The van der Waals surface area contributed by atoms with Gasteiger partial charge in [-0.25, -0.2) is 4.79 Å². The zero-order valence-electron chi connectivity index (χ0n) is 12.8. The lowest BCUT2D eigenvalue weighted by Crippen LogP contribution is -2.39. The van der Waals surface area contributed by atoms with Crippen molar-refractivity contribution in [3.8, 4) is 0 Å². The fraction of sp³-hybridized carbons (Fsp3) is 0.400. The van der Waals surface area contributed by atoms with Crippen LogP contribution in [0.4, 0.5) is 10.5 Å². The Morgan fingerprint density at radius 3 is 2.73 bits per heavy atom. The van der Waals surface area contributed by atoms with Gasteiger partial charge in [0, 0.05) is 10.6 Å². The average Bonchev–Trinajstić information content (AvgIpc) is 2.75. The van der Waals surface area contributed by atoms with Crippen LogP contribution in [0.2, 0.25) is 0 Å². The molecular formula is C15H19N3O3S. The molecule has 0 bridgehead atoms. The molecule has 6 nitrogen and oxygen atoms in total. The molecule has 1 aliphatic rings. The van der Waals surface area contributed by atoms with Gasteiger partial charge in [-0.1, -0.05) is 19.9 Å². The quantitative estimate of drug-likeness (QED) is 0.641. The molecule has 1 aromatic carbocycles. The smallest absolute Gasteiger partial charge is 0.325 e. The zero-order chi connectivity index (χ0) is 16.3. The molecule has 0 spiro atoms. The van der Waals surface area contributed by atoms with Crippen LogP contribution < -0.4 is 10.6 Å². The second kappa shape index (κ2) is 6.83. The van der Waals surface area contributed by atoms with Crippen molar-refractivity contribution in [1.82, 2.24) is 10.2 Å². The number of benzene rings is 1. The summed E-state index contributed by atoms with van der Waals surface area (Å²) in [5, 5.41) is 5.30. The van der Waals surface area contributed by atoms with Crippen molar-refractivity contribution in [2.45, 2.75) is 24.8 Å². The summed E-state index contributed by atoms with van der Waals surface area (Å²) in [6.45, 7) is 3.41. The summed E-state index contributed by atoms with van der Waals surface area (Å²) >= 11 is 1.57. The lowest BCUT2D eigenvalue weighted by atomic mass is 10.1. The van der Waals surface area contributed by atoms with E-state index in [4.69, 9.17) is 0 Å². The van der Waals surface area contributed by atoms with Crippen LogP contribution in [0.5, 0.6) is 0 Å². The first-order chi connectivity index (χ1) is 10.4. The zero-order valence-corrected chi connectivity index (χ0v) is 13.6. The summed E-state index contributed by atoms with van der Waals surface area (Å²) in [5.41, 5.74) is 0.643. The van der Waals surface area contributed by atoms with Crippen LogP contribution in [0.3, 0.4) is 0 Å². The highest BCUT2D eigenvalue weighted by molar-refractivity contribution is 7.98. The molecule has 2 N–H and O–H groups in total. The van der Waals surface area contributed by atoms with E-state index in [0.717, 1.165) is 9.80 Å². The third kappa shape index (κ3) is 3.59. The molecule has 1 atom stereocenters. The summed E-state index contributed by atoms with van der Waals surface area (Å²) in [5.74, 6) is -0.762. The van der Waals surface area contributed by atoms with Crippen LogP contribution >= 0.6 is 11.8 Å². The van der Waals surface area contributed by atoms with E-state index in [1.807, 2.05) is 38.3 Å². The number of nitrogens with one attached hydrogen (secondary N) is 2. The van der Waals surface area contributed by atoms with Crippen molar-refractivity contribution >= 4 is 35.3 Å². The fourth-order valence-electron chi connectivity index (χ4n) is 2.19. The topological polar surface area (TPSA) is 78.5 Å². The maximum Gasteiger partial charge on any atom is 0.325 e.